The number of nitrogens with zero attached hydrogens (tertiary/aromatic N) is 2. The number of hydrogen-bond donors (Lipinski definition) is 1. The first-order chi connectivity index (χ1) is 13.8. The fraction of sp³-hybridized carbons (Fsp3) is 0.652. The van der Waals surface area contributed by atoms with E-state index in [2.05, 4.69) is 22.3 Å². The second-order valence-corrected chi connectivity index (χ2v) is 9.07. The predicted octanol–water partition coefficient (Wildman–Crippen LogP) is 2.89. The van der Waals surface area contributed by atoms with Gasteiger partial charge in [0.05, 0.1) is 0 Å². The summed E-state index contributed by atoms with van der Waals surface area (Å²) in [7, 11) is 0. The smallest absolute Gasteiger partial charge is 0.410 e. The zero-order valence-corrected chi connectivity index (χ0v) is 18.1. The molecular formula is C23H35N3O3. The van der Waals surface area contributed by atoms with Crippen LogP contribution in [0.1, 0.15) is 55.1 Å². The molecule has 2 aliphatic rings. The van der Waals surface area contributed by atoms with Gasteiger partial charge < -0.3 is 15.0 Å². The lowest BCUT2D eigenvalue weighted by Crippen LogP contribution is -2.50. The number of carbonyl (C=O) groups excluding carboxylic acids is 2. The number of ether oxygens (including phenoxy) is 1. The number of Topliss-reactive ketones (excluding diaryl/α,β-unsaturated/α-hetero) is 1. The van der Waals surface area contributed by atoms with E-state index in [4.69, 9.17) is 4.74 Å². The number of ketones is 1. The Morgan fingerprint density at radius 3 is 2.41 bits per heavy atom. The second-order valence-electron chi connectivity index (χ2n) is 9.07. The molecule has 3 rings (SSSR count). The third kappa shape index (κ3) is 6.54. The zero-order chi connectivity index (χ0) is 20.9. The molecule has 0 radical (unpaired) electrons. The monoisotopic (exact) mass is 401 g/mol. The summed E-state index contributed by atoms with van der Waals surface area (Å²) < 4.78 is 5.44. The molecule has 0 spiro atoms. The minimum Gasteiger partial charge on any atom is -0.444 e. The molecule has 2 heterocycles. The average Bonchev–Trinajstić information content (AvgIpc) is 2.92. The van der Waals surface area contributed by atoms with Crippen LogP contribution in [0.5, 0.6) is 0 Å². The molecule has 160 valence electrons. The zero-order valence-electron chi connectivity index (χ0n) is 18.1. The van der Waals surface area contributed by atoms with Gasteiger partial charge in [0.15, 0.2) is 5.78 Å². The van der Waals surface area contributed by atoms with Crippen LogP contribution in [0.3, 0.4) is 0 Å². The molecule has 0 unspecified atom stereocenters. The number of piperazine rings is 1. The molecule has 1 saturated heterocycles. The van der Waals surface area contributed by atoms with Crippen molar-refractivity contribution in [2.45, 2.75) is 52.1 Å². The van der Waals surface area contributed by atoms with Gasteiger partial charge in [-0.05, 0) is 76.9 Å². The van der Waals surface area contributed by atoms with Crippen molar-refractivity contribution < 1.29 is 14.3 Å². The first kappa shape index (κ1) is 21.8. The third-order valence-corrected chi connectivity index (χ3v) is 5.57. The van der Waals surface area contributed by atoms with Crippen molar-refractivity contribution in [1.82, 2.24) is 15.1 Å². The molecule has 0 bridgehead atoms. The Balaban J connectivity index is 1.40. The van der Waals surface area contributed by atoms with Gasteiger partial charge in [0.2, 0.25) is 0 Å². The van der Waals surface area contributed by atoms with E-state index in [9.17, 15) is 9.59 Å². The molecule has 1 aromatic carbocycles. The van der Waals surface area contributed by atoms with Crippen molar-refractivity contribution in [1.29, 1.82) is 0 Å². The van der Waals surface area contributed by atoms with Gasteiger partial charge in [0.1, 0.15) is 5.60 Å². The normalized spacial score (nSPS) is 18.1. The first-order valence-corrected chi connectivity index (χ1v) is 10.9. The Bertz CT molecular complexity index is 719. The van der Waals surface area contributed by atoms with Crippen LogP contribution in [0.2, 0.25) is 0 Å². The first-order valence-electron chi connectivity index (χ1n) is 10.9. The Kier molecular flexibility index (Phi) is 7.30. The van der Waals surface area contributed by atoms with Gasteiger partial charge in [0.25, 0.3) is 0 Å². The number of amides is 1. The van der Waals surface area contributed by atoms with Gasteiger partial charge in [-0.2, -0.15) is 0 Å². The standard InChI is InChI=1S/C23H35N3O3/c1-23(2,3)29-22(28)26-15-13-25(14-16-26)12-4-5-21(27)20-7-6-18-8-10-24-11-9-19(18)17-20/h6-7,17,24H,4-5,8-16H2,1-3H3. The van der Waals surface area contributed by atoms with Gasteiger partial charge in [-0.25, -0.2) is 4.79 Å². The van der Waals surface area contributed by atoms with E-state index >= 15 is 0 Å². The van der Waals surface area contributed by atoms with Crippen molar-refractivity contribution in [2.75, 3.05) is 45.8 Å². The second kappa shape index (κ2) is 9.72. The average molecular weight is 402 g/mol. The molecule has 1 amide bonds. The summed E-state index contributed by atoms with van der Waals surface area (Å²) in [5.41, 5.74) is 3.08. The van der Waals surface area contributed by atoms with Gasteiger partial charge in [-0.15, -0.1) is 0 Å². The highest BCUT2D eigenvalue weighted by Gasteiger charge is 2.25. The fourth-order valence-corrected chi connectivity index (χ4v) is 3.94. The summed E-state index contributed by atoms with van der Waals surface area (Å²) in [5, 5.41) is 3.41. The van der Waals surface area contributed by atoms with E-state index in [1.807, 2.05) is 26.8 Å². The van der Waals surface area contributed by atoms with Crippen LogP contribution in [0.25, 0.3) is 0 Å². The van der Waals surface area contributed by atoms with Gasteiger partial charge in [0, 0.05) is 38.2 Å². The molecule has 0 aromatic heterocycles. The van der Waals surface area contributed by atoms with Gasteiger partial charge >= 0.3 is 6.09 Å². The van der Waals surface area contributed by atoms with Crippen molar-refractivity contribution in [3.63, 3.8) is 0 Å². The quantitative estimate of drug-likeness (QED) is 0.769. The highest BCUT2D eigenvalue weighted by molar-refractivity contribution is 5.96. The van der Waals surface area contributed by atoms with E-state index in [0.717, 1.165) is 57.5 Å². The summed E-state index contributed by atoms with van der Waals surface area (Å²) >= 11 is 0. The van der Waals surface area contributed by atoms with Gasteiger partial charge in [-0.1, -0.05) is 12.1 Å². The topological polar surface area (TPSA) is 61.9 Å². The Morgan fingerprint density at radius 1 is 1.03 bits per heavy atom. The molecule has 2 aliphatic heterocycles. The van der Waals surface area contributed by atoms with Crippen LogP contribution in [-0.4, -0.2) is 73.1 Å². The summed E-state index contributed by atoms with van der Waals surface area (Å²) in [5.74, 6) is 0.234. The van der Waals surface area contributed by atoms with Crippen LogP contribution in [0, 0.1) is 0 Å². The lowest BCUT2D eigenvalue weighted by molar-refractivity contribution is 0.0145. The maximum absolute atomic E-state index is 12.6. The highest BCUT2D eigenvalue weighted by Crippen LogP contribution is 2.17. The van der Waals surface area contributed by atoms with E-state index in [0.29, 0.717) is 19.5 Å². The van der Waals surface area contributed by atoms with Gasteiger partial charge in [-0.3, -0.25) is 9.69 Å². The summed E-state index contributed by atoms with van der Waals surface area (Å²) in [6.45, 7) is 11.6. The molecule has 1 aromatic rings. The van der Waals surface area contributed by atoms with Crippen LogP contribution in [0.4, 0.5) is 4.79 Å². The molecule has 0 saturated carbocycles. The van der Waals surface area contributed by atoms with E-state index in [1.54, 1.807) is 4.90 Å². The predicted molar refractivity (Wildman–Crippen MR) is 115 cm³/mol. The molecule has 0 atom stereocenters. The summed E-state index contributed by atoms with van der Waals surface area (Å²) in [4.78, 5) is 28.9. The third-order valence-electron chi connectivity index (χ3n) is 5.57. The lowest BCUT2D eigenvalue weighted by atomic mass is 9.97. The Hall–Kier alpha value is -1.92. The highest BCUT2D eigenvalue weighted by atomic mass is 16.6. The fourth-order valence-electron chi connectivity index (χ4n) is 3.94. The van der Waals surface area contributed by atoms with Crippen LogP contribution in [0.15, 0.2) is 18.2 Å². The number of benzene rings is 1. The van der Waals surface area contributed by atoms with E-state index in [1.165, 1.54) is 11.1 Å². The number of fused-ring (bicyclic) bond motifs is 1. The molecule has 1 fully saturated rings. The van der Waals surface area contributed by atoms with Crippen molar-refractivity contribution >= 4 is 11.9 Å². The van der Waals surface area contributed by atoms with E-state index < -0.39 is 5.60 Å². The maximum Gasteiger partial charge on any atom is 0.410 e. The van der Waals surface area contributed by atoms with Crippen LogP contribution >= 0.6 is 0 Å². The van der Waals surface area contributed by atoms with Crippen molar-refractivity contribution in [3.8, 4) is 0 Å². The summed E-state index contributed by atoms with van der Waals surface area (Å²) in [6.07, 6.45) is 3.23. The molecular weight excluding hydrogens is 366 g/mol. The maximum atomic E-state index is 12.6. The lowest BCUT2D eigenvalue weighted by Gasteiger charge is -2.35. The number of hydrogen-bond acceptors (Lipinski definition) is 5. The Labute approximate surface area is 174 Å². The number of nitrogens with one attached hydrogen (secondary N) is 1. The molecule has 6 heteroatoms. The van der Waals surface area contributed by atoms with Crippen molar-refractivity contribution in [3.05, 3.63) is 34.9 Å². The number of carbonyl (C=O) groups is 2. The molecule has 0 aliphatic carbocycles. The number of rotatable bonds is 5. The van der Waals surface area contributed by atoms with Crippen LogP contribution in [-0.2, 0) is 17.6 Å². The molecule has 29 heavy (non-hydrogen) atoms. The largest absolute Gasteiger partial charge is 0.444 e. The van der Waals surface area contributed by atoms with E-state index in [-0.39, 0.29) is 11.9 Å². The summed E-state index contributed by atoms with van der Waals surface area (Å²) in [6, 6.07) is 6.22. The van der Waals surface area contributed by atoms with Crippen LogP contribution < -0.4 is 5.32 Å². The Morgan fingerprint density at radius 2 is 1.72 bits per heavy atom. The molecule has 6 nitrogen and oxygen atoms in total. The van der Waals surface area contributed by atoms with Crippen molar-refractivity contribution in [2.24, 2.45) is 0 Å². The minimum absolute atomic E-state index is 0.231. The molecule has 1 N–H and O–H groups in total. The minimum atomic E-state index is -0.457. The SMILES string of the molecule is CC(C)(C)OC(=O)N1CCN(CCCC(=O)c2ccc3c(c2)CCNCC3)CC1.